The second-order valence-corrected chi connectivity index (χ2v) is 6.07. The van der Waals surface area contributed by atoms with E-state index in [1.807, 2.05) is 11.3 Å². The molecule has 1 atom stereocenters. The molecule has 1 heterocycles. The zero-order valence-electron chi connectivity index (χ0n) is 11.1. The molecule has 0 aliphatic rings. The normalized spacial score (nSPS) is 12.6. The van der Waals surface area contributed by atoms with Gasteiger partial charge in [-0.15, -0.1) is 11.3 Å². The van der Waals surface area contributed by atoms with Gasteiger partial charge in [-0.2, -0.15) is 0 Å². The fourth-order valence-electron chi connectivity index (χ4n) is 2.17. The SMILES string of the molecule is CCc1ccc(CC(N)Cc2ccccc2C)s1. The molecule has 0 fully saturated rings. The molecule has 0 aliphatic heterocycles. The lowest BCUT2D eigenvalue weighted by atomic mass is 9.99. The van der Waals surface area contributed by atoms with Gasteiger partial charge in [0.25, 0.3) is 0 Å². The Hall–Kier alpha value is -1.12. The Bertz CT molecular complexity index is 501. The molecule has 0 saturated heterocycles. The highest BCUT2D eigenvalue weighted by molar-refractivity contribution is 7.11. The first-order chi connectivity index (χ1) is 8.69. The summed E-state index contributed by atoms with van der Waals surface area (Å²) >= 11 is 1.90. The molecule has 2 rings (SSSR count). The molecular weight excluding hydrogens is 238 g/mol. The Kier molecular flexibility index (Phi) is 4.56. The van der Waals surface area contributed by atoms with Crippen molar-refractivity contribution in [2.75, 3.05) is 0 Å². The van der Waals surface area contributed by atoms with Crippen LogP contribution in [0, 0.1) is 6.92 Å². The summed E-state index contributed by atoms with van der Waals surface area (Å²) in [6.07, 6.45) is 3.07. The minimum Gasteiger partial charge on any atom is -0.327 e. The van der Waals surface area contributed by atoms with Crippen molar-refractivity contribution in [3.05, 3.63) is 57.3 Å². The molecule has 96 valence electrons. The van der Waals surface area contributed by atoms with Crippen LogP contribution in [0.15, 0.2) is 36.4 Å². The summed E-state index contributed by atoms with van der Waals surface area (Å²) in [4.78, 5) is 2.86. The van der Waals surface area contributed by atoms with Gasteiger partial charge in [0.15, 0.2) is 0 Å². The molecule has 1 unspecified atom stereocenters. The predicted octanol–water partition coefficient (Wildman–Crippen LogP) is 3.73. The van der Waals surface area contributed by atoms with Crippen LogP contribution in [-0.2, 0) is 19.3 Å². The molecule has 0 bridgehead atoms. The molecule has 0 saturated carbocycles. The van der Waals surface area contributed by atoms with Gasteiger partial charge >= 0.3 is 0 Å². The van der Waals surface area contributed by atoms with Crippen LogP contribution in [0.4, 0.5) is 0 Å². The maximum Gasteiger partial charge on any atom is 0.0128 e. The van der Waals surface area contributed by atoms with Crippen molar-refractivity contribution in [2.24, 2.45) is 5.73 Å². The summed E-state index contributed by atoms with van der Waals surface area (Å²) in [5.41, 5.74) is 8.98. The van der Waals surface area contributed by atoms with E-state index in [2.05, 4.69) is 50.2 Å². The molecule has 1 nitrogen and oxygen atoms in total. The summed E-state index contributed by atoms with van der Waals surface area (Å²) < 4.78 is 0. The minimum atomic E-state index is 0.217. The largest absolute Gasteiger partial charge is 0.327 e. The van der Waals surface area contributed by atoms with Gasteiger partial charge in [0.1, 0.15) is 0 Å². The minimum absolute atomic E-state index is 0.217. The Morgan fingerprint density at radius 3 is 2.44 bits per heavy atom. The molecule has 0 radical (unpaired) electrons. The summed E-state index contributed by atoms with van der Waals surface area (Å²) in [7, 11) is 0. The Labute approximate surface area is 114 Å². The van der Waals surface area contributed by atoms with Gasteiger partial charge < -0.3 is 5.73 Å². The fraction of sp³-hybridized carbons (Fsp3) is 0.375. The number of hydrogen-bond acceptors (Lipinski definition) is 2. The Morgan fingerprint density at radius 2 is 1.78 bits per heavy atom. The van der Waals surface area contributed by atoms with Gasteiger partial charge in [0.05, 0.1) is 0 Å². The maximum absolute atomic E-state index is 6.26. The smallest absolute Gasteiger partial charge is 0.0128 e. The number of nitrogens with two attached hydrogens (primary N) is 1. The first-order valence-electron chi connectivity index (χ1n) is 6.56. The highest BCUT2D eigenvalue weighted by Crippen LogP contribution is 2.19. The number of thiophene rings is 1. The topological polar surface area (TPSA) is 26.0 Å². The molecule has 1 aromatic carbocycles. The Morgan fingerprint density at radius 1 is 1.06 bits per heavy atom. The van der Waals surface area contributed by atoms with Crippen molar-refractivity contribution >= 4 is 11.3 Å². The average molecular weight is 259 g/mol. The molecule has 2 heteroatoms. The highest BCUT2D eigenvalue weighted by Gasteiger charge is 2.08. The second kappa shape index (κ2) is 6.17. The van der Waals surface area contributed by atoms with Gasteiger partial charge in [-0.1, -0.05) is 31.2 Å². The molecule has 0 aliphatic carbocycles. The van der Waals surface area contributed by atoms with E-state index in [4.69, 9.17) is 5.73 Å². The summed E-state index contributed by atoms with van der Waals surface area (Å²) in [6, 6.07) is 13.2. The molecule has 2 N–H and O–H groups in total. The molecular formula is C16H21NS. The number of rotatable bonds is 5. The van der Waals surface area contributed by atoms with Crippen molar-refractivity contribution in [1.29, 1.82) is 0 Å². The third-order valence-corrected chi connectivity index (χ3v) is 4.52. The maximum atomic E-state index is 6.26. The quantitative estimate of drug-likeness (QED) is 0.870. The van der Waals surface area contributed by atoms with Crippen LogP contribution in [0.2, 0.25) is 0 Å². The lowest BCUT2D eigenvalue weighted by molar-refractivity contribution is 0.668. The van der Waals surface area contributed by atoms with Gasteiger partial charge in [-0.05, 0) is 49.4 Å². The fourth-order valence-corrected chi connectivity index (χ4v) is 3.22. The van der Waals surface area contributed by atoms with Crippen LogP contribution in [0.25, 0.3) is 0 Å². The van der Waals surface area contributed by atoms with Crippen LogP contribution in [0.3, 0.4) is 0 Å². The van der Waals surface area contributed by atoms with Gasteiger partial charge in [-0.3, -0.25) is 0 Å². The van der Waals surface area contributed by atoms with E-state index >= 15 is 0 Å². The van der Waals surface area contributed by atoms with Crippen LogP contribution in [0.5, 0.6) is 0 Å². The third kappa shape index (κ3) is 3.44. The van der Waals surface area contributed by atoms with Crippen LogP contribution in [-0.4, -0.2) is 6.04 Å². The van der Waals surface area contributed by atoms with Gasteiger partial charge in [0, 0.05) is 15.8 Å². The first kappa shape index (κ1) is 13.3. The Balaban J connectivity index is 1.96. The first-order valence-corrected chi connectivity index (χ1v) is 7.38. The van der Waals surface area contributed by atoms with Crippen LogP contribution < -0.4 is 5.73 Å². The van der Waals surface area contributed by atoms with E-state index in [1.165, 1.54) is 20.9 Å². The monoisotopic (exact) mass is 259 g/mol. The van der Waals surface area contributed by atoms with Crippen LogP contribution >= 0.6 is 11.3 Å². The van der Waals surface area contributed by atoms with Crippen molar-refractivity contribution in [1.82, 2.24) is 0 Å². The lowest BCUT2D eigenvalue weighted by Gasteiger charge is -2.12. The van der Waals surface area contributed by atoms with Crippen molar-refractivity contribution in [2.45, 2.75) is 39.2 Å². The zero-order valence-corrected chi connectivity index (χ0v) is 12.0. The van der Waals surface area contributed by atoms with E-state index in [9.17, 15) is 0 Å². The number of hydrogen-bond donors (Lipinski definition) is 1. The van der Waals surface area contributed by atoms with E-state index in [1.54, 1.807) is 0 Å². The van der Waals surface area contributed by atoms with Crippen molar-refractivity contribution in [3.63, 3.8) is 0 Å². The standard InChI is InChI=1S/C16H21NS/c1-3-15-8-9-16(18-15)11-14(17)10-13-7-5-4-6-12(13)2/h4-9,14H,3,10-11,17H2,1-2H3. The second-order valence-electron chi connectivity index (χ2n) is 4.82. The van der Waals surface area contributed by atoms with Crippen molar-refractivity contribution in [3.8, 4) is 0 Å². The molecule has 18 heavy (non-hydrogen) atoms. The summed E-state index contributed by atoms with van der Waals surface area (Å²) in [6.45, 7) is 4.35. The summed E-state index contributed by atoms with van der Waals surface area (Å²) in [5, 5.41) is 0. The zero-order chi connectivity index (χ0) is 13.0. The van der Waals surface area contributed by atoms with Gasteiger partial charge in [-0.25, -0.2) is 0 Å². The van der Waals surface area contributed by atoms with Gasteiger partial charge in [0.2, 0.25) is 0 Å². The van der Waals surface area contributed by atoms with E-state index < -0.39 is 0 Å². The van der Waals surface area contributed by atoms with E-state index in [0.717, 1.165) is 19.3 Å². The molecule has 0 amide bonds. The molecule has 2 aromatic rings. The van der Waals surface area contributed by atoms with Crippen molar-refractivity contribution < 1.29 is 0 Å². The van der Waals surface area contributed by atoms with E-state index in [-0.39, 0.29) is 6.04 Å². The average Bonchev–Trinajstić information content (AvgIpc) is 2.80. The number of aryl methyl sites for hydroxylation is 2. The lowest BCUT2D eigenvalue weighted by Crippen LogP contribution is -2.25. The van der Waals surface area contributed by atoms with E-state index in [0.29, 0.717) is 0 Å². The predicted molar refractivity (Wildman–Crippen MR) is 80.3 cm³/mol. The number of benzene rings is 1. The van der Waals surface area contributed by atoms with Crippen LogP contribution in [0.1, 0.15) is 27.8 Å². The third-order valence-electron chi connectivity index (χ3n) is 3.27. The highest BCUT2D eigenvalue weighted by atomic mass is 32.1. The molecule has 0 spiro atoms. The summed E-state index contributed by atoms with van der Waals surface area (Å²) in [5.74, 6) is 0. The molecule has 1 aromatic heterocycles.